The predicted molar refractivity (Wildman–Crippen MR) is 128 cm³/mol. The molecule has 0 spiro atoms. The smallest absolute Gasteiger partial charge is 0.349 e. The first-order chi connectivity index (χ1) is 16.5. The Morgan fingerprint density at radius 1 is 1.15 bits per heavy atom. The Labute approximate surface area is 195 Å². The third kappa shape index (κ3) is 3.78. The molecule has 0 saturated carbocycles. The number of nitrogens with zero attached hydrogens (tertiary/aromatic N) is 3. The number of fused-ring (bicyclic) bond motifs is 4. The molecule has 0 fully saturated rings. The number of benzene rings is 3. The van der Waals surface area contributed by atoms with E-state index < -0.39 is 16.5 Å². The minimum absolute atomic E-state index is 0.0624. The van der Waals surface area contributed by atoms with Crippen molar-refractivity contribution < 1.29 is 18.9 Å². The summed E-state index contributed by atoms with van der Waals surface area (Å²) in [5.74, 6) is -0.754. The van der Waals surface area contributed by atoms with E-state index in [1.165, 1.54) is 18.2 Å². The van der Waals surface area contributed by atoms with Crippen molar-refractivity contribution in [3.63, 3.8) is 0 Å². The minimum atomic E-state index is -0.781. The van der Waals surface area contributed by atoms with Crippen molar-refractivity contribution in [3.05, 3.63) is 91.6 Å². The van der Waals surface area contributed by atoms with Crippen molar-refractivity contribution in [2.24, 2.45) is 4.99 Å². The van der Waals surface area contributed by atoms with Crippen LogP contribution in [0, 0.1) is 10.1 Å². The summed E-state index contributed by atoms with van der Waals surface area (Å²) >= 11 is 1.12. The summed E-state index contributed by atoms with van der Waals surface area (Å²) in [5.41, 5.74) is 0.0233. The lowest BCUT2D eigenvalue weighted by atomic mass is 10.0. The van der Waals surface area contributed by atoms with Crippen LogP contribution in [0.4, 0.5) is 5.69 Å². The van der Waals surface area contributed by atoms with Crippen LogP contribution in [0.5, 0.6) is 0 Å². The first-order valence-corrected chi connectivity index (χ1v) is 11.1. The zero-order chi connectivity index (χ0) is 23.8. The number of hydrogen-bond acceptors (Lipinski definition) is 7. The van der Waals surface area contributed by atoms with Gasteiger partial charge in [0.15, 0.2) is 4.80 Å². The topological polar surface area (TPSA) is 117 Å². The maximum atomic E-state index is 13.1. The van der Waals surface area contributed by atoms with Gasteiger partial charge in [0.05, 0.1) is 21.7 Å². The number of aromatic nitrogens is 1. The van der Waals surface area contributed by atoms with Crippen molar-refractivity contribution in [2.75, 3.05) is 13.7 Å². The molecule has 9 nitrogen and oxygen atoms in total. The fourth-order valence-corrected chi connectivity index (χ4v) is 4.91. The molecule has 34 heavy (non-hydrogen) atoms. The fraction of sp³-hybridized carbons (Fsp3) is 0.125. The molecule has 2 heterocycles. The maximum Gasteiger partial charge on any atom is 0.349 e. The molecule has 0 atom stereocenters. The molecule has 0 N–H and O–H groups in total. The van der Waals surface area contributed by atoms with Gasteiger partial charge >= 0.3 is 5.63 Å². The summed E-state index contributed by atoms with van der Waals surface area (Å²) in [6.07, 6.45) is 0. The van der Waals surface area contributed by atoms with Gasteiger partial charge in [-0.25, -0.2) is 4.79 Å². The number of amides is 1. The summed E-state index contributed by atoms with van der Waals surface area (Å²) in [7, 11) is 1.55. The second kappa shape index (κ2) is 8.65. The third-order valence-electron chi connectivity index (χ3n) is 5.47. The number of nitro groups is 1. The average Bonchev–Trinajstić information content (AvgIpc) is 3.17. The molecular weight excluding hydrogens is 458 g/mol. The highest BCUT2D eigenvalue weighted by Gasteiger charge is 2.17. The number of non-ortho nitro benzene ring substituents is 1. The molecule has 2 aromatic heterocycles. The van der Waals surface area contributed by atoms with Crippen molar-refractivity contribution >= 4 is 54.9 Å². The minimum Gasteiger partial charge on any atom is -0.422 e. The monoisotopic (exact) mass is 475 g/mol. The second-order valence-corrected chi connectivity index (χ2v) is 8.51. The van der Waals surface area contributed by atoms with Crippen LogP contribution in [0.1, 0.15) is 10.4 Å². The molecule has 5 rings (SSSR count). The Bertz CT molecular complexity index is 1730. The van der Waals surface area contributed by atoms with Crippen LogP contribution in [0.15, 0.2) is 74.9 Å². The van der Waals surface area contributed by atoms with Gasteiger partial charge in [-0.2, -0.15) is 4.99 Å². The normalized spacial score (nSPS) is 12.1. The average molecular weight is 475 g/mol. The first kappa shape index (κ1) is 21.7. The van der Waals surface area contributed by atoms with E-state index in [-0.39, 0.29) is 11.3 Å². The van der Waals surface area contributed by atoms with E-state index in [1.807, 2.05) is 30.3 Å². The van der Waals surface area contributed by atoms with Crippen molar-refractivity contribution in [1.82, 2.24) is 4.57 Å². The lowest BCUT2D eigenvalue weighted by Crippen LogP contribution is -2.21. The number of nitro benzene ring substituents is 1. The number of carbonyl (C=O) groups excluding carboxylic acids is 1. The molecule has 3 aromatic carbocycles. The van der Waals surface area contributed by atoms with Crippen molar-refractivity contribution in [3.8, 4) is 0 Å². The summed E-state index contributed by atoms with van der Waals surface area (Å²) in [6, 6.07) is 17.1. The molecule has 0 radical (unpaired) electrons. The lowest BCUT2D eigenvalue weighted by Gasteiger charge is -2.05. The van der Waals surface area contributed by atoms with E-state index in [0.717, 1.165) is 22.1 Å². The van der Waals surface area contributed by atoms with Crippen molar-refractivity contribution in [2.45, 2.75) is 6.54 Å². The van der Waals surface area contributed by atoms with Crippen LogP contribution in [-0.4, -0.2) is 29.1 Å². The zero-order valence-electron chi connectivity index (χ0n) is 17.9. The van der Waals surface area contributed by atoms with E-state index in [9.17, 15) is 19.7 Å². The van der Waals surface area contributed by atoms with E-state index >= 15 is 0 Å². The van der Waals surface area contributed by atoms with Crippen LogP contribution in [0.3, 0.4) is 0 Å². The maximum absolute atomic E-state index is 13.1. The van der Waals surface area contributed by atoms with E-state index in [0.29, 0.717) is 39.1 Å². The van der Waals surface area contributed by atoms with Gasteiger partial charge in [-0.3, -0.25) is 14.9 Å². The molecule has 0 bridgehead atoms. The van der Waals surface area contributed by atoms with E-state index in [4.69, 9.17) is 9.15 Å². The van der Waals surface area contributed by atoms with Gasteiger partial charge in [0, 0.05) is 31.2 Å². The largest absolute Gasteiger partial charge is 0.422 e. The molecule has 0 unspecified atom stereocenters. The van der Waals surface area contributed by atoms with Crippen LogP contribution in [-0.2, 0) is 11.3 Å². The van der Waals surface area contributed by atoms with E-state index in [1.54, 1.807) is 23.8 Å². The number of thiazole rings is 1. The van der Waals surface area contributed by atoms with Crippen LogP contribution in [0.2, 0.25) is 0 Å². The first-order valence-electron chi connectivity index (χ1n) is 10.3. The quantitative estimate of drug-likeness (QED) is 0.162. The Morgan fingerprint density at radius 2 is 1.97 bits per heavy atom. The molecule has 0 aliphatic rings. The van der Waals surface area contributed by atoms with Gasteiger partial charge in [-0.1, -0.05) is 41.7 Å². The number of rotatable bonds is 5. The zero-order valence-corrected chi connectivity index (χ0v) is 18.7. The summed E-state index contributed by atoms with van der Waals surface area (Å²) in [4.78, 5) is 40.9. The van der Waals surface area contributed by atoms with Gasteiger partial charge in [0.25, 0.3) is 11.6 Å². The van der Waals surface area contributed by atoms with Crippen LogP contribution < -0.4 is 10.4 Å². The Morgan fingerprint density at radius 3 is 2.76 bits per heavy atom. The molecule has 5 aromatic rings. The van der Waals surface area contributed by atoms with Gasteiger partial charge in [0.2, 0.25) is 0 Å². The molecular formula is C24H17N3O6S. The molecule has 10 heteroatoms. The highest BCUT2D eigenvalue weighted by Crippen LogP contribution is 2.26. The molecule has 0 aliphatic carbocycles. The van der Waals surface area contributed by atoms with Gasteiger partial charge in [-0.05, 0) is 29.0 Å². The second-order valence-electron chi connectivity index (χ2n) is 7.50. The number of methoxy groups -OCH3 is 1. The third-order valence-corrected chi connectivity index (χ3v) is 6.51. The number of ether oxygens (including phenoxy) is 1. The highest BCUT2D eigenvalue weighted by molar-refractivity contribution is 7.16. The summed E-state index contributed by atoms with van der Waals surface area (Å²) in [5, 5.41) is 13.6. The number of hydrogen-bond donors (Lipinski definition) is 0. The predicted octanol–water partition coefficient (Wildman–Crippen LogP) is 4.26. The Kier molecular flexibility index (Phi) is 5.52. The van der Waals surface area contributed by atoms with Gasteiger partial charge in [0.1, 0.15) is 11.1 Å². The Balaban J connectivity index is 1.68. The lowest BCUT2D eigenvalue weighted by molar-refractivity contribution is -0.384. The Hall–Kier alpha value is -4.15. The summed E-state index contributed by atoms with van der Waals surface area (Å²) < 4.78 is 12.9. The highest BCUT2D eigenvalue weighted by atomic mass is 32.1. The van der Waals surface area contributed by atoms with Crippen molar-refractivity contribution in [1.29, 1.82) is 0 Å². The summed E-state index contributed by atoms with van der Waals surface area (Å²) in [6.45, 7) is 0.714. The molecule has 170 valence electrons. The molecule has 1 amide bonds. The molecule has 0 aliphatic heterocycles. The van der Waals surface area contributed by atoms with Gasteiger partial charge in [-0.15, -0.1) is 0 Å². The standard InChI is InChI=1S/C24H17N3O6S/c1-32-11-10-26-19-8-7-15(27(30)31)12-21(19)34-24(26)25-22(28)18-13-17-16-5-3-2-4-14(16)6-9-20(17)33-23(18)29/h2-9,12-13H,10-11H2,1H3. The van der Waals surface area contributed by atoms with E-state index in [2.05, 4.69) is 4.99 Å². The number of carbonyl (C=O) groups is 1. The van der Waals surface area contributed by atoms with Crippen LogP contribution >= 0.6 is 11.3 Å². The SMILES string of the molecule is COCCn1c(=NC(=O)c2cc3c(ccc4ccccc43)oc2=O)sc2cc([N+](=O)[O-])ccc21. The molecule has 0 saturated heterocycles. The fourth-order valence-electron chi connectivity index (χ4n) is 3.83. The van der Waals surface area contributed by atoms with Gasteiger partial charge < -0.3 is 13.7 Å². The van der Waals surface area contributed by atoms with Crippen LogP contribution in [0.25, 0.3) is 32.0 Å².